The van der Waals surface area contributed by atoms with E-state index in [0.717, 1.165) is 0 Å². The zero-order chi connectivity index (χ0) is 17.1. The van der Waals surface area contributed by atoms with E-state index in [-0.39, 0.29) is 0 Å². The minimum atomic E-state index is 0.309. The summed E-state index contributed by atoms with van der Waals surface area (Å²) in [5, 5.41) is 0.309. The number of benzene rings is 3. The number of hydrogen-bond acceptors (Lipinski definition) is 1. The van der Waals surface area contributed by atoms with Gasteiger partial charge < -0.3 is 0 Å². The van der Waals surface area contributed by atoms with Crippen molar-refractivity contribution in [3.05, 3.63) is 119 Å². The van der Waals surface area contributed by atoms with Crippen molar-refractivity contribution < 1.29 is 0 Å². The van der Waals surface area contributed by atoms with Gasteiger partial charge in [0.2, 0.25) is 0 Å². The summed E-state index contributed by atoms with van der Waals surface area (Å²) in [6, 6.07) is 32.3. The Labute approximate surface area is 153 Å². The van der Waals surface area contributed by atoms with E-state index < -0.39 is 0 Å². The lowest BCUT2D eigenvalue weighted by atomic mass is 9.92. The molecule has 25 heavy (non-hydrogen) atoms. The van der Waals surface area contributed by atoms with Crippen LogP contribution in [-0.4, -0.2) is 0 Å². The van der Waals surface area contributed by atoms with Gasteiger partial charge in [-0.1, -0.05) is 91.0 Å². The number of hydrogen-bond donors (Lipinski definition) is 0. The van der Waals surface area contributed by atoms with Crippen LogP contribution in [0, 0.1) is 0 Å². The molecule has 1 aliphatic rings. The van der Waals surface area contributed by atoms with Crippen molar-refractivity contribution in [2.45, 2.75) is 12.2 Å². The van der Waals surface area contributed by atoms with E-state index in [1.807, 2.05) is 11.8 Å². The van der Waals surface area contributed by atoms with E-state index in [9.17, 15) is 0 Å². The SMILES string of the molecule is CC1=C(c2ccccc2)C(c2ccccc2)SC(c2ccccc2)=C1. The highest BCUT2D eigenvalue weighted by Crippen LogP contribution is 2.52. The smallest absolute Gasteiger partial charge is 0.0602 e. The largest absolute Gasteiger partial charge is 0.112 e. The van der Waals surface area contributed by atoms with Crippen molar-refractivity contribution in [1.29, 1.82) is 0 Å². The Balaban J connectivity index is 1.86. The van der Waals surface area contributed by atoms with E-state index in [0.29, 0.717) is 5.25 Å². The van der Waals surface area contributed by atoms with E-state index >= 15 is 0 Å². The molecule has 0 spiro atoms. The van der Waals surface area contributed by atoms with Gasteiger partial charge in [-0.05, 0) is 40.8 Å². The molecule has 3 aromatic rings. The van der Waals surface area contributed by atoms with Crippen LogP contribution < -0.4 is 0 Å². The summed E-state index contributed by atoms with van der Waals surface area (Å²) >= 11 is 1.95. The fraction of sp³-hybridized carbons (Fsp3) is 0.0833. The third kappa shape index (κ3) is 3.33. The first-order valence-corrected chi connectivity index (χ1v) is 9.46. The van der Waals surface area contributed by atoms with Gasteiger partial charge in [-0.15, -0.1) is 11.8 Å². The average molecular weight is 340 g/mol. The summed E-state index contributed by atoms with van der Waals surface area (Å²) in [5.41, 5.74) is 6.71. The zero-order valence-electron chi connectivity index (χ0n) is 14.2. The monoisotopic (exact) mass is 340 g/mol. The summed E-state index contributed by atoms with van der Waals surface area (Å²) in [6.45, 7) is 2.24. The minimum absolute atomic E-state index is 0.309. The van der Waals surface area contributed by atoms with Gasteiger partial charge in [0.1, 0.15) is 0 Å². The Morgan fingerprint density at radius 1 is 0.640 bits per heavy atom. The average Bonchev–Trinajstić information content (AvgIpc) is 2.69. The molecular formula is C24H20S. The van der Waals surface area contributed by atoms with Crippen LogP contribution in [0.3, 0.4) is 0 Å². The Bertz CT molecular complexity index is 906. The lowest BCUT2D eigenvalue weighted by Crippen LogP contribution is -2.05. The molecule has 0 bridgehead atoms. The van der Waals surface area contributed by atoms with Crippen molar-refractivity contribution in [1.82, 2.24) is 0 Å². The summed E-state index contributed by atoms with van der Waals surface area (Å²) in [4.78, 5) is 1.34. The third-order valence-electron chi connectivity index (χ3n) is 4.52. The van der Waals surface area contributed by atoms with Crippen LogP contribution >= 0.6 is 11.8 Å². The summed E-state index contributed by atoms with van der Waals surface area (Å²) in [6.07, 6.45) is 2.34. The molecule has 1 aliphatic heterocycles. The van der Waals surface area contributed by atoms with E-state index in [1.54, 1.807) is 0 Å². The number of thioether (sulfide) groups is 1. The Morgan fingerprint density at radius 2 is 1.16 bits per heavy atom. The molecule has 0 N–H and O–H groups in total. The van der Waals surface area contributed by atoms with Crippen LogP contribution in [0.5, 0.6) is 0 Å². The summed E-state index contributed by atoms with van der Waals surface area (Å²) < 4.78 is 0. The molecule has 0 fully saturated rings. The van der Waals surface area contributed by atoms with Crippen molar-refractivity contribution in [3.8, 4) is 0 Å². The first-order valence-electron chi connectivity index (χ1n) is 8.58. The molecule has 0 saturated carbocycles. The van der Waals surface area contributed by atoms with Gasteiger partial charge in [0.25, 0.3) is 0 Å². The fourth-order valence-electron chi connectivity index (χ4n) is 3.31. The molecule has 122 valence electrons. The Kier molecular flexibility index (Phi) is 4.58. The minimum Gasteiger partial charge on any atom is -0.112 e. The Hall–Kier alpha value is -2.51. The highest BCUT2D eigenvalue weighted by molar-refractivity contribution is 8.09. The van der Waals surface area contributed by atoms with Crippen LogP contribution in [0.4, 0.5) is 0 Å². The zero-order valence-corrected chi connectivity index (χ0v) is 15.0. The molecule has 0 nitrogen and oxygen atoms in total. The molecule has 0 aromatic heterocycles. The predicted octanol–water partition coefficient (Wildman–Crippen LogP) is 6.99. The van der Waals surface area contributed by atoms with Gasteiger partial charge in [0, 0.05) is 4.91 Å². The van der Waals surface area contributed by atoms with Gasteiger partial charge in [-0.25, -0.2) is 0 Å². The first-order chi connectivity index (χ1) is 12.3. The maximum absolute atomic E-state index is 2.34. The quantitative estimate of drug-likeness (QED) is 0.495. The second-order valence-electron chi connectivity index (χ2n) is 6.25. The molecule has 1 unspecified atom stereocenters. The lowest BCUT2D eigenvalue weighted by Gasteiger charge is -2.28. The first kappa shape index (κ1) is 16.0. The number of allylic oxidation sites excluding steroid dienone is 2. The standard InChI is InChI=1S/C24H20S/c1-18-17-22(19-11-5-2-6-12-19)25-24(21-15-9-4-10-16-21)23(18)20-13-7-3-8-14-20/h2-17,24H,1H3. The molecule has 1 heterocycles. The highest BCUT2D eigenvalue weighted by atomic mass is 32.2. The molecule has 4 rings (SSSR count). The van der Waals surface area contributed by atoms with Crippen LogP contribution in [0.25, 0.3) is 10.5 Å². The fourth-order valence-corrected chi connectivity index (χ4v) is 4.82. The van der Waals surface area contributed by atoms with Crippen LogP contribution in [0.15, 0.2) is 103 Å². The Morgan fingerprint density at radius 3 is 1.76 bits per heavy atom. The van der Waals surface area contributed by atoms with E-state index in [1.165, 1.54) is 32.7 Å². The lowest BCUT2D eigenvalue weighted by molar-refractivity contribution is 1.22. The van der Waals surface area contributed by atoms with Gasteiger partial charge in [-0.3, -0.25) is 0 Å². The molecule has 1 heteroatoms. The molecular weight excluding hydrogens is 320 g/mol. The molecule has 0 radical (unpaired) electrons. The van der Waals surface area contributed by atoms with E-state index in [4.69, 9.17) is 0 Å². The normalized spacial score (nSPS) is 17.3. The third-order valence-corrected chi connectivity index (χ3v) is 5.88. The van der Waals surface area contributed by atoms with Crippen molar-refractivity contribution >= 4 is 22.2 Å². The highest BCUT2D eigenvalue weighted by Gasteiger charge is 2.26. The summed E-state index contributed by atoms with van der Waals surface area (Å²) in [5.74, 6) is 0. The van der Waals surface area contributed by atoms with Crippen LogP contribution in [0.2, 0.25) is 0 Å². The molecule has 1 atom stereocenters. The van der Waals surface area contributed by atoms with Crippen molar-refractivity contribution in [2.75, 3.05) is 0 Å². The maximum Gasteiger partial charge on any atom is 0.0602 e. The van der Waals surface area contributed by atoms with Crippen LogP contribution in [-0.2, 0) is 0 Å². The molecule has 3 aromatic carbocycles. The predicted molar refractivity (Wildman–Crippen MR) is 110 cm³/mol. The van der Waals surface area contributed by atoms with Gasteiger partial charge in [0.15, 0.2) is 0 Å². The number of rotatable bonds is 3. The molecule has 0 saturated heterocycles. The van der Waals surface area contributed by atoms with E-state index in [2.05, 4.69) is 104 Å². The van der Waals surface area contributed by atoms with Gasteiger partial charge in [0.05, 0.1) is 5.25 Å². The second-order valence-corrected chi connectivity index (χ2v) is 7.39. The van der Waals surface area contributed by atoms with Crippen molar-refractivity contribution in [3.63, 3.8) is 0 Å². The molecule has 0 amide bonds. The van der Waals surface area contributed by atoms with Crippen molar-refractivity contribution in [2.24, 2.45) is 0 Å². The van der Waals surface area contributed by atoms with Crippen LogP contribution in [0.1, 0.15) is 28.9 Å². The van der Waals surface area contributed by atoms with Gasteiger partial charge >= 0.3 is 0 Å². The summed E-state index contributed by atoms with van der Waals surface area (Å²) in [7, 11) is 0. The topological polar surface area (TPSA) is 0 Å². The molecule has 0 aliphatic carbocycles. The van der Waals surface area contributed by atoms with Gasteiger partial charge in [-0.2, -0.15) is 0 Å². The maximum atomic E-state index is 2.34. The second kappa shape index (κ2) is 7.16.